The molecule has 1 aromatic rings. The molecule has 18 heavy (non-hydrogen) atoms. The zero-order chi connectivity index (χ0) is 12.7. The number of hydrogen-bond acceptors (Lipinski definition) is 2. The number of benzene rings is 1. The van der Waals surface area contributed by atoms with E-state index in [0.29, 0.717) is 6.54 Å². The Morgan fingerprint density at radius 3 is 2.44 bits per heavy atom. The predicted molar refractivity (Wildman–Crippen MR) is 77.7 cm³/mol. The summed E-state index contributed by atoms with van der Waals surface area (Å²) in [5.74, 6) is -0.0899. The van der Waals surface area contributed by atoms with Gasteiger partial charge in [0.1, 0.15) is 0 Å². The lowest BCUT2D eigenvalue weighted by molar-refractivity contribution is -0.125. The number of carbonyl (C=O) groups excluding carboxylic acids is 1. The van der Waals surface area contributed by atoms with E-state index >= 15 is 0 Å². The van der Waals surface area contributed by atoms with Gasteiger partial charge in [0.2, 0.25) is 5.91 Å². The van der Waals surface area contributed by atoms with Gasteiger partial charge in [0.15, 0.2) is 0 Å². The smallest absolute Gasteiger partial charge is 0.224 e. The summed E-state index contributed by atoms with van der Waals surface area (Å²) in [5.41, 5.74) is 6.66. The highest BCUT2D eigenvalue weighted by Gasteiger charge is 2.17. The Bertz CT molecular complexity index is 343. The first-order valence-corrected chi connectivity index (χ1v) is 6.24. The number of carbonyl (C=O) groups is 1. The third-order valence-electron chi connectivity index (χ3n) is 2.90. The molecule has 3 N–H and O–H groups in total. The van der Waals surface area contributed by atoms with E-state index in [0.717, 1.165) is 18.4 Å². The van der Waals surface area contributed by atoms with E-state index in [2.05, 4.69) is 12.2 Å². The van der Waals surface area contributed by atoms with Crippen LogP contribution in [0.3, 0.4) is 0 Å². The van der Waals surface area contributed by atoms with Gasteiger partial charge in [0, 0.05) is 12.5 Å². The van der Waals surface area contributed by atoms with E-state index < -0.39 is 0 Å². The van der Waals surface area contributed by atoms with Gasteiger partial charge in [-0.15, -0.1) is 12.4 Å². The van der Waals surface area contributed by atoms with Crippen molar-refractivity contribution >= 4 is 18.3 Å². The molecule has 0 radical (unpaired) electrons. The van der Waals surface area contributed by atoms with E-state index in [1.165, 1.54) is 0 Å². The number of rotatable bonds is 6. The van der Waals surface area contributed by atoms with Gasteiger partial charge in [-0.05, 0) is 12.0 Å². The first-order chi connectivity index (χ1) is 8.19. The van der Waals surface area contributed by atoms with Gasteiger partial charge in [0.05, 0.1) is 6.04 Å². The molecule has 1 rings (SSSR count). The third-order valence-corrected chi connectivity index (χ3v) is 2.90. The van der Waals surface area contributed by atoms with Crippen LogP contribution in [0.25, 0.3) is 0 Å². The van der Waals surface area contributed by atoms with Crippen molar-refractivity contribution in [3.63, 3.8) is 0 Å². The minimum Gasteiger partial charge on any atom is -0.349 e. The second-order valence-electron chi connectivity index (χ2n) is 4.40. The summed E-state index contributed by atoms with van der Waals surface area (Å²) < 4.78 is 0. The molecule has 0 aliphatic carbocycles. The lowest BCUT2D eigenvalue weighted by Crippen LogP contribution is -2.35. The average molecular weight is 271 g/mol. The number of amides is 1. The molecule has 0 aromatic heterocycles. The zero-order valence-corrected chi connectivity index (χ0v) is 11.9. The Morgan fingerprint density at radius 2 is 1.94 bits per heavy atom. The van der Waals surface area contributed by atoms with Gasteiger partial charge in [0.25, 0.3) is 0 Å². The van der Waals surface area contributed by atoms with Crippen LogP contribution in [-0.4, -0.2) is 12.5 Å². The number of nitrogens with two attached hydrogens (primary N) is 1. The molecule has 0 saturated carbocycles. The molecule has 0 aliphatic rings. The average Bonchev–Trinajstić information content (AvgIpc) is 2.38. The highest BCUT2D eigenvalue weighted by Crippen LogP contribution is 2.18. The highest BCUT2D eigenvalue weighted by molar-refractivity contribution is 5.85. The van der Waals surface area contributed by atoms with E-state index in [1.54, 1.807) is 0 Å². The normalized spacial score (nSPS) is 13.3. The van der Waals surface area contributed by atoms with Crippen molar-refractivity contribution in [2.75, 3.05) is 6.54 Å². The van der Waals surface area contributed by atoms with Gasteiger partial charge < -0.3 is 11.1 Å². The summed E-state index contributed by atoms with van der Waals surface area (Å²) >= 11 is 0. The summed E-state index contributed by atoms with van der Waals surface area (Å²) in [5, 5.41) is 3.07. The molecule has 2 unspecified atom stereocenters. The van der Waals surface area contributed by atoms with Crippen molar-refractivity contribution in [2.45, 2.75) is 32.7 Å². The van der Waals surface area contributed by atoms with Crippen LogP contribution in [0, 0.1) is 5.92 Å². The molecule has 0 bridgehead atoms. The van der Waals surface area contributed by atoms with Crippen molar-refractivity contribution in [1.82, 2.24) is 5.32 Å². The fraction of sp³-hybridized carbons (Fsp3) is 0.500. The molecule has 1 amide bonds. The maximum atomic E-state index is 11.8. The standard InChI is InChI=1S/C14H22N2O.ClH/c1-3-7-13(12-8-5-4-6-9-12)16-14(17)11(2)10-15;/h4-6,8-9,11,13H,3,7,10,15H2,1-2H3,(H,16,17);1H. The van der Waals surface area contributed by atoms with Crippen molar-refractivity contribution in [3.05, 3.63) is 35.9 Å². The van der Waals surface area contributed by atoms with Gasteiger partial charge in [-0.3, -0.25) is 4.79 Å². The van der Waals surface area contributed by atoms with Crippen LogP contribution < -0.4 is 11.1 Å². The molecule has 0 spiro atoms. The van der Waals surface area contributed by atoms with Crippen LogP contribution >= 0.6 is 12.4 Å². The molecule has 102 valence electrons. The topological polar surface area (TPSA) is 55.1 Å². The predicted octanol–water partition coefficient (Wildman–Crippen LogP) is 2.66. The van der Waals surface area contributed by atoms with E-state index in [4.69, 9.17) is 5.73 Å². The highest BCUT2D eigenvalue weighted by atomic mass is 35.5. The van der Waals surface area contributed by atoms with E-state index in [1.807, 2.05) is 37.3 Å². The number of nitrogens with one attached hydrogen (secondary N) is 1. The molecule has 0 saturated heterocycles. The Morgan fingerprint density at radius 1 is 1.33 bits per heavy atom. The van der Waals surface area contributed by atoms with Gasteiger partial charge >= 0.3 is 0 Å². The monoisotopic (exact) mass is 270 g/mol. The fourth-order valence-corrected chi connectivity index (χ4v) is 1.72. The van der Waals surface area contributed by atoms with E-state index in [9.17, 15) is 4.79 Å². The van der Waals surface area contributed by atoms with Crippen LogP contribution in [0.5, 0.6) is 0 Å². The van der Waals surface area contributed by atoms with Crippen LogP contribution in [0.1, 0.15) is 38.3 Å². The molecule has 0 aliphatic heterocycles. The van der Waals surface area contributed by atoms with Gasteiger partial charge in [-0.25, -0.2) is 0 Å². The summed E-state index contributed by atoms with van der Waals surface area (Å²) in [6, 6.07) is 10.2. The van der Waals surface area contributed by atoms with Crippen molar-refractivity contribution in [2.24, 2.45) is 11.7 Å². The molecule has 0 fully saturated rings. The number of halogens is 1. The minimum atomic E-state index is -0.127. The Hall–Kier alpha value is -1.06. The molecule has 2 atom stereocenters. The first-order valence-electron chi connectivity index (χ1n) is 6.24. The maximum absolute atomic E-state index is 11.8. The molecular weight excluding hydrogens is 248 g/mol. The fourth-order valence-electron chi connectivity index (χ4n) is 1.72. The first kappa shape index (κ1) is 16.9. The quantitative estimate of drug-likeness (QED) is 0.835. The van der Waals surface area contributed by atoms with Crippen molar-refractivity contribution in [3.8, 4) is 0 Å². The maximum Gasteiger partial charge on any atom is 0.224 e. The van der Waals surface area contributed by atoms with Crippen LogP contribution in [0.15, 0.2) is 30.3 Å². The molecule has 3 nitrogen and oxygen atoms in total. The lowest BCUT2D eigenvalue weighted by Gasteiger charge is -2.20. The zero-order valence-electron chi connectivity index (χ0n) is 11.1. The third kappa shape index (κ3) is 5.07. The summed E-state index contributed by atoms with van der Waals surface area (Å²) in [6.07, 6.45) is 1.99. The number of hydrogen-bond donors (Lipinski definition) is 2. The largest absolute Gasteiger partial charge is 0.349 e. The molecule has 4 heteroatoms. The molecule has 1 aromatic carbocycles. The minimum absolute atomic E-state index is 0. The van der Waals surface area contributed by atoms with Crippen molar-refractivity contribution in [1.29, 1.82) is 0 Å². The summed E-state index contributed by atoms with van der Waals surface area (Å²) in [7, 11) is 0. The summed E-state index contributed by atoms with van der Waals surface area (Å²) in [4.78, 5) is 11.8. The second-order valence-corrected chi connectivity index (χ2v) is 4.40. The Labute approximate surface area is 116 Å². The van der Waals surface area contributed by atoms with Crippen molar-refractivity contribution < 1.29 is 4.79 Å². The van der Waals surface area contributed by atoms with Crippen LogP contribution in [0.2, 0.25) is 0 Å². The molecular formula is C14H23ClN2O. The summed E-state index contributed by atoms with van der Waals surface area (Å²) in [6.45, 7) is 4.36. The van der Waals surface area contributed by atoms with Crippen LogP contribution in [-0.2, 0) is 4.79 Å². The Kier molecular flexibility index (Phi) is 8.42. The lowest BCUT2D eigenvalue weighted by atomic mass is 10.0. The van der Waals surface area contributed by atoms with Gasteiger partial charge in [-0.2, -0.15) is 0 Å². The van der Waals surface area contributed by atoms with Crippen LogP contribution in [0.4, 0.5) is 0 Å². The Balaban J connectivity index is 0.00000289. The van der Waals surface area contributed by atoms with E-state index in [-0.39, 0.29) is 30.3 Å². The second kappa shape index (κ2) is 8.95. The van der Waals surface area contributed by atoms with Gasteiger partial charge in [-0.1, -0.05) is 50.6 Å². The SMILES string of the molecule is CCCC(NC(=O)C(C)CN)c1ccccc1.Cl. The molecule has 0 heterocycles.